The van der Waals surface area contributed by atoms with Gasteiger partial charge in [0.25, 0.3) is 0 Å². The Bertz CT molecular complexity index is 411. The van der Waals surface area contributed by atoms with Crippen molar-refractivity contribution < 1.29 is 4.42 Å². The number of aryl methyl sites for hydroxylation is 1. The van der Waals surface area contributed by atoms with Crippen LogP contribution in [-0.4, -0.2) is 24.0 Å². The van der Waals surface area contributed by atoms with Gasteiger partial charge >= 0.3 is 0 Å². The highest BCUT2D eigenvalue weighted by Crippen LogP contribution is 2.24. The van der Waals surface area contributed by atoms with Gasteiger partial charge in [-0.1, -0.05) is 26.7 Å². The highest BCUT2D eigenvalue weighted by molar-refractivity contribution is 5.20. The van der Waals surface area contributed by atoms with Crippen molar-refractivity contribution >= 4 is 0 Å². The fourth-order valence-corrected chi connectivity index (χ4v) is 3.37. The Morgan fingerprint density at radius 2 is 2.14 bits per heavy atom. The smallest absolute Gasteiger partial charge is 0.118 e. The molecule has 3 nitrogen and oxygen atoms in total. The zero-order valence-electron chi connectivity index (χ0n) is 14.1. The number of furan rings is 1. The third-order valence-electron chi connectivity index (χ3n) is 4.54. The summed E-state index contributed by atoms with van der Waals surface area (Å²) < 4.78 is 5.99. The van der Waals surface area contributed by atoms with E-state index in [-0.39, 0.29) is 0 Å². The molecule has 0 aromatic carbocycles. The summed E-state index contributed by atoms with van der Waals surface area (Å²) in [6, 6.07) is 3.02. The molecule has 1 aromatic heterocycles. The van der Waals surface area contributed by atoms with Gasteiger partial charge in [0.1, 0.15) is 11.5 Å². The maximum absolute atomic E-state index is 5.99. The standard InChI is InChI=1S/C18H32N2O/c1-4-8-17-9-6-7-11-20(17)14-18-12-16(15(3)21-18)13-19-10-5-2/h12,17,19H,4-11,13-14H2,1-3H3. The van der Waals surface area contributed by atoms with E-state index in [0.717, 1.165) is 37.2 Å². The number of nitrogens with one attached hydrogen (secondary N) is 1. The molecular formula is C18H32N2O. The minimum absolute atomic E-state index is 0.760. The lowest BCUT2D eigenvalue weighted by Crippen LogP contribution is -2.38. The molecule has 1 aliphatic heterocycles. The van der Waals surface area contributed by atoms with Crippen LogP contribution in [0.15, 0.2) is 10.5 Å². The normalized spacial score (nSPS) is 20.0. The summed E-state index contributed by atoms with van der Waals surface area (Å²) in [5.41, 5.74) is 1.32. The van der Waals surface area contributed by atoms with Gasteiger partial charge in [0.2, 0.25) is 0 Å². The fourth-order valence-electron chi connectivity index (χ4n) is 3.37. The topological polar surface area (TPSA) is 28.4 Å². The van der Waals surface area contributed by atoms with E-state index in [2.05, 4.69) is 37.1 Å². The van der Waals surface area contributed by atoms with Gasteiger partial charge in [0, 0.05) is 18.2 Å². The van der Waals surface area contributed by atoms with Crippen LogP contribution >= 0.6 is 0 Å². The van der Waals surface area contributed by atoms with Gasteiger partial charge in [-0.3, -0.25) is 4.90 Å². The number of piperidine rings is 1. The average Bonchev–Trinajstić information content (AvgIpc) is 2.82. The summed E-state index contributed by atoms with van der Waals surface area (Å²) in [6.45, 7) is 10.8. The van der Waals surface area contributed by atoms with Gasteiger partial charge in [0.05, 0.1) is 6.54 Å². The highest BCUT2D eigenvalue weighted by Gasteiger charge is 2.22. The quantitative estimate of drug-likeness (QED) is 0.726. The first kappa shape index (κ1) is 16.6. The Balaban J connectivity index is 1.93. The van der Waals surface area contributed by atoms with E-state index in [1.54, 1.807) is 0 Å². The molecule has 0 saturated carbocycles. The van der Waals surface area contributed by atoms with E-state index in [9.17, 15) is 0 Å². The molecule has 1 unspecified atom stereocenters. The van der Waals surface area contributed by atoms with Gasteiger partial charge in [-0.15, -0.1) is 0 Å². The Hall–Kier alpha value is -0.800. The summed E-state index contributed by atoms with van der Waals surface area (Å²) >= 11 is 0. The van der Waals surface area contributed by atoms with Crippen LogP contribution in [0.3, 0.4) is 0 Å². The number of nitrogens with zero attached hydrogens (tertiary/aromatic N) is 1. The first-order chi connectivity index (χ1) is 10.2. The molecule has 0 bridgehead atoms. The zero-order chi connectivity index (χ0) is 15.1. The minimum Gasteiger partial charge on any atom is -0.465 e. The molecule has 1 aliphatic rings. The van der Waals surface area contributed by atoms with E-state index in [4.69, 9.17) is 4.42 Å². The molecular weight excluding hydrogens is 260 g/mol. The summed E-state index contributed by atoms with van der Waals surface area (Å²) in [5.74, 6) is 2.22. The van der Waals surface area contributed by atoms with Crippen LogP contribution in [0.4, 0.5) is 0 Å². The first-order valence-corrected chi connectivity index (χ1v) is 8.77. The van der Waals surface area contributed by atoms with Crippen LogP contribution in [0.25, 0.3) is 0 Å². The van der Waals surface area contributed by atoms with Crippen molar-refractivity contribution in [1.82, 2.24) is 10.2 Å². The Kier molecular flexibility index (Phi) is 6.78. The zero-order valence-corrected chi connectivity index (χ0v) is 14.1. The SMILES string of the molecule is CCCNCc1cc(CN2CCCCC2CCC)oc1C. The largest absolute Gasteiger partial charge is 0.465 e. The van der Waals surface area contributed by atoms with Gasteiger partial charge in [-0.05, 0) is 51.8 Å². The highest BCUT2D eigenvalue weighted by atomic mass is 16.3. The van der Waals surface area contributed by atoms with Crippen LogP contribution in [-0.2, 0) is 13.1 Å². The maximum atomic E-state index is 5.99. The van der Waals surface area contributed by atoms with Crippen molar-refractivity contribution in [3.63, 3.8) is 0 Å². The lowest BCUT2D eigenvalue weighted by atomic mass is 9.98. The first-order valence-electron chi connectivity index (χ1n) is 8.77. The van der Waals surface area contributed by atoms with E-state index >= 15 is 0 Å². The molecule has 3 heteroatoms. The van der Waals surface area contributed by atoms with Crippen LogP contribution in [0.5, 0.6) is 0 Å². The van der Waals surface area contributed by atoms with Crippen LogP contribution < -0.4 is 5.32 Å². The minimum atomic E-state index is 0.760. The molecule has 0 amide bonds. The van der Waals surface area contributed by atoms with E-state index in [1.165, 1.54) is 50.6 Å². The molecule has 0 radical (unpaired) electrons. The van der Waals surface area contributed by atoms with E-state index in [0.29, 0.717) is 0 Å². The third-order valence-corrected chi connectivity index (χ3v) is 4.54. The summed E-state index contributed by atoms with van der Waals surface area (Å²) in [6.07, 6.45) is 7.87. The molecule has 1 saturated heterocycles. The molecule has 2 heterocycles. The van der Waals surface area contributed by atoms with Crippen LogP contribution in [0.1, 0.15) is 69.5 Å². The average molecular weight is 292 g/mol. The predicted molar refractivity (Wildman–Crippen MR) is 88.4 cm³/mol. The monoisotopic (exact) mass is 292 g/mol. The Labute approximate surface area is 130 Å². The molecule has 1 aromatic rings. The number of hydrogen-bond acceptors (Lipinski definition) is 3. The summed E-state index contributed by atoms with van der Waals surface area (Å²) in [5, 5.41) is 3.46. The van der Waals surface area contributed by atoms with Gasteiger partial charge in [-0.25, -0.2) is 0 Å². The second kappa shape index (κ2) is 8.60. The Morgan fingerprint density at radius 3 is 2.90 bits per heavy atom. The Morgan fingerprint density at radius 1 is 1.29 bits per heavy atom. The molecule has 1 atom stereocenters. The molecule has 0 spiro atoms. The van der Waals surface area contributed by atoms with Crippen molar-refractivity contribution in [3.8, 4) is 0 Å². The van der Waals surface area contributed by atoms with Gasteiger partial charge in [-0.2, -0.15) is 0 Å². The summed E-state index contributed by atoms with van der Waals surface area (Å²) in [4.78, 5) is 2.63. The molecule has 1 fully saturated rings. The molecule has 2 rings (SSSR count). The van der Waals surface area contributed by atoms with E-state index < -0.39 is 0 Å². The molecule has 1 N–H and O–H groups in total. The molecule has 120 valence electrons. The van der Waals surface area contributed by atoms with E-state index in [1.807, 2.05) is 0 Å². The van der Waals surface area contributed by atoms with Gasteiger partial charge in [0.15, 0.2) is 0 Å². The molecule has 0 aliphatic carbocycles. The number of hydrogen-bond donors (Lipinski definition) is 1. The van der Waals surface area contributed by atoms with Crippen molar-refractivity contribution in [3.05, 3.63) is 23.2 Å². The number of likely N-dealkylation sites (tertiary alicyclic amines) is 1. The summed E-state index contributed by atoms with van der Waals surface area (Å²) in [7, 11) is 0. The predicted octanol–water partition coefficient (Wildman–Crippen LogP) is 4.24. The fraction of sp³-hybridized carbons (Fsp3) is 0.778. The third kappa shape index (κ3) is 4.86. The van der Waals surface area contributed by atoms with Crippen LogP contribution in [0.2, 0.25) is 0 Å². The lowest BCUT2D eigenvalue weighted by molar-refractivity contribution is 0.122. The second-order valence-electron chi connectivity index (χ2n) is 6.38. The van der Waals surface area contributed by atoms with Crippen LogP contribution in [0, 0.1) is 6.92 Å². The van der Waals surface area contributed by atoms with Crippen molar-refractivity contribution in [2.45, 2.75) is 78.4 Å². The van der Waals surface area contributed by atoms with Gasteiger partial charge < -0.3 is 9.73 Å². The lowest BCUT2D eigenvalue weighted by Gasteiger charge is -2.35. The second-order valence-corrected chi connectivity index (χ2v) is 6.38. The number of rotatable bonds is 8. The maximum Gasteiger partial charge on any atom is 0.118 e. The van der Waals surface area contributed by atoms with Crippen molar-refractivity contribution in [1.29, 1.82) is 0 Å². The molecule has 21 heavy (non-hydrogen) atoms. The van der Waals surface area contributed by atoms with Crippen molar-refractivity contribution in [2.75, 3.05) is 13.1 Å². The van der Waals surface area contributed by atoms with Crippen molar-refractivity contribution in [2.24, 2.45) is 0 Å².